The van der Waals surface area contributed by atoms with Crippen LogP contribution >= 0.6 is 11.3 Å². The molecule has 0 bridgehead atoms. The second-order valence-corrected chi connectivity index (χ2v) is 11.1. The van der Waals surface area contributed by atoms with Crippen LogP contribution in [0.5, 0.6) is 5.75 Å². The summed E-state index contributed by atoms with van der Waals surface area (Å²) in [6, 6.07) is 4.23. The lowest BCUT2D eigenvalue weighted by Crippen LogP contribution is -2.54. The summed E-state index contributed by atoms with van der Waals surface area (Å²) in [6.45, 7) is 6.82. The molecule has 1 fully saturated rings. The van der Waals surface area contributed by atoms with Gasteiger partial charge in [-0.25, -0.2) is 9.97 Å². The molecule has 1 N–H and O–H groups in total. The molecular weight excluding hydrogens is 474 g/mol. The van der Waals surface area contributed by atoms with Crippen LogP contribution in [0.3, 0.4) is 0 Å². The van der Waals surface area contributed by atoms with Crippen molar-refractivity contribution in [1.29, 1.82) is 0 Å². The molecule has 0 radical (unpaired) electrons. The number of amides is 1. The number of fused-ring (bicyclic) bond motifs is 4. The number of morpholine rings is 1. The third-order valence-corrected chi connectivity index (χ3v) is 9.13. The maximum atomic E-state index is 13.8. The Morgan fingerprint density at radius 1 is 1.36 bits per heavy atom. The van der Waals surface area contributed by atoms with E-state index in [0.717, 1.165) is 64.3 Å². The number of aromatic nitrogens is 2. The third-order valence-electron chi connectivity index (χ3n) is 7.99. The Morgan fingerprint density at radius 2 is 2.25 bits per heavy atom. The molecule has 1 saturated heterocycles. The molecule has 3 aromatic rings. The van der Waals surface area contributed by atoms with E-state index in [2.05, 4.69) is 40.2 Å². The zero-order valence-electron chi connectivity index (χ0n) is 21.0. The highest BCUT2D eigenvalue weighted by atomic mass is 32.1. The van der Waals surface area contributed by atoms with Crippen LogP contribution in [0.25, 0.3) is 10.2 Å². The van der Waals surface area contributed by atoms with E-state index in [1.807, 2.05) is 17.2 Å². The van der Waals surface area contributed by atoms with Crippen molar-refractivity contribution in [2.24, 2.45) is 10.4 Å². The number of thiophene rings is 1. The van der Waals surface area contributed by atoms with Gasteiger partial charge in [-0.3, -0.25) is 9.79 Å². The van der Waals surface area contributed by atoms with Crippen molar-refractivity contribution >= 4 is 45.2 Å². The Bertz CT molecular complexity index is 1370. The molecule has 1 aromatic carbocycles. The first-order valence-corrected chi connectivity index (χ1v) is 13.5. The number of hydrogen-bond acceptors (Lipinski definition) is 8. The van der Waals surface area contributed by atoms with E-state index in [9.17, 15) is 4.79 Å². The van der Waals surface area contributed by atoms with Gasteiger partial charge >= 0.3 is 0 Å². The molecule has 0 spiro atoms. The molecule has 1 aliphatic carbocycles. The molecule has 188 valence electrons. The molecule has 9 heteroatoms. The maximum Gasteiger partial charge on any atom is 0.229 e. The van der Waals surface area contributed by atoms with Crippen molar-refractivity contribution in [1.82, 2.24) is 14.9 Å². The molecule has 0 saturated carbocycles. The number of nitrogens with one attached hydrogen (secondary N) is 1. The van der Waals surface area contributed by atoms with Crippen molar-refractivity contribution in [3.05, 3.63) is 40.0 Å². The molecule has 1 amide bonds. The van der Waals surface area contributed by atoms with Gasteiger partial charge in [0.05, 0.1) is 49.4 Å². The molecule has 4 heterocycles. The molecule has 3 aliphatic rings. The fraction of sp³-hybridized carbons (Fsp3) is 0.481. The fourth-order valence-corrected chi connectivity index (χ4v) is 7.13. The van der Waals surface area contributed by atoms with E-state index in [-0.39, 0.29) is 17.4 Å². The number of rotatable bonds is 5. The van der Waals surface area contributed by atoms with Gasteiger partial charge in [-0.1, -0.05) is 6.92 Å². The normalized spacial score (nSPS) is 23.0. The Labute approximate surface area is 214 Å². The summed E-state index contributed by atoms with van der Waals surface area (Å²) in [7, 11) is 1.68. The van der Waals surface area contributed by atoms with Gasteiger partial charge in [0.25, 0.3) is 0 Å². The number of benzene rings is 1. The predicted octanol–water partition coefficient (Wildman–Crippen LogP) is 4.51. The number of carbonyl (C=O) groups excluding carboxylic acids is 1. The van der Waals surface area contributed by atoms with E-state index in [1.165, 1.54) is 10.4 Å². The Kier molecular flexibility index (Phi) is 5.92. The van der Waals surface area contributed by atoms with Crippen LogP contribution in [0.4, 0.5) is 11.5 Å². The minimum absolute atomic E-state index is 0.118. The van der Waals surface area contributed by atoms with E-state index < -0.39 is 0 Å². The maximum absolute atomic E-state index is 13.8. The third kappa shape index (κ3) is 3.76. The average molecular weight is 506 g/mol. The van der Waals surface area contributed by atoms with Gasteiger partial charge in [0.15, 0.2) is 0 Å². The largest absolute Gasteiger partial charge is 0.495 e. The highest BCUT2D eigenvalue weighted by molar-refractivity contribution is 7.19. The number of anilines is 2. The van der Waals surface area contributed by atoms with Gasteiger partial charge in [-0.05, 0) is 61.4 Å². The topological polar surface area (TPSA) is 88.9 Å². The lowest BCUT2D eigenvalue weighted by Gasteiger charge is -2.43. The van der Waals surface area contributed by atoms with Crippen LogP contribution in [0.15, 0.2) is 23.5 Å². The minimum Gasteiger partial charge on any atom is -0.495 e. The zero-order chi connectivity index (χ0) is 24.9. The Hall–Kier alpha value is -3.04. The molecule has 6 rings (SSSR count). The van der Waals surface area contributed by atoms with Crippen LogP contribution < -0.4 is 10.1 Å². The van der Waals surface area contributed by atoms with Crippen molar-refractivity contribution in [3.8, 4) is 5.75 Å². The van der Waals surface area contributed by atoms with Crippen molar-refractivity contribution < 1.29 is 14.3 Å². The molecule has 8 nitrogen and oxygen atoms in total. The second kappa shape index (κ2) is 9.12. The quantitative estimate of drug-likeness (QED) is 0.549. The minimum atomic E-state index is -0.372. The summed E-state index contributed by atoms with van der Waals surface area (Å²) in [5.41, 5.74) is 4.02. The number of aliphatic imine (C=N–C) groups is 1. The highest BCUT2D eigenvalue weighted by Crippen LogP contribution is 2.47. The lowest BCUT2D eigenvalue weighted by molar-refractivity contribution is -0.151. The summed E-state index contributed by atoms with van der Waals surface area (Å²) >= 11 is 1.70. The van der Waals surface area contributed by atoms with Crippen LogP contribution in [0.2, 0.25) is 0 Å². The summed E-state index contributed by atoms with van der Waals surface area (Å²) in [5, 5.41) is 4.59. The smallest absolute Gasteiger partial charge is 0.229 e. The van der Waals surface area contributed by atoms with Crippen LogP contribution in [-0.2, 0) is 28.9 Å². The first-order valence-electron chi connectivity index (χ1n) is 12.6. The fourth-order valence-electron chi connectivity index (χ4n) is 5.80. The van der Waals surface area contributed by atoms with Crippen LogP contribution in [0, 0.1) is 5.41 Å². The van der Waals surface area contributed by atoms with Crippen LogP contribution in [0.1, 0.15) is 48.3 Å². The van der Waals surface area contributed by atoms with Crippen molar-refractivity contribution in [2.75, 3.05) is 32.2 Å². The van der Waals surface area contributed by atoms with Gasteiger partial charge in [0.1, 0.15) is 22.7 Å². The van der Waals surface area contributed by atoms with E-state index in [4.69, 9.17) is 9.47 Å². The monoisotopic (exact) mass is 505 g/mol. The zero-order valence-corrected chi connectivity index (χ0v) is 21.8. The van der Waals surface area contributed by atoms with E-state index in [1.54, 1.807) is 24.8 Å². The summed E-state index contributed by atoms with van der Waals surface area (Å²) in [4.78, 5) is 31.7. The predicted molar refractivity (Wildman–Crippen MR) is 142 cm³/mol. The van der Waals surface area contributed by atoms with Crippen molar-refractivity contribution in [2.45, 2.75) is 52.1 Å². The number of ether oxygens (including phenoxy) is 2. The number of carbonyl (C=O) groups is 1. The number of methoxy groups -OCH3 is 1. The molecule has 2 aromatic heterocycles. The second-order valence-electron chi connectivity index (χ2n) is 9.99. The van der Waals surface area contributed by atoms with Gasteiger partial charge in [-0.2, -0.15) is 0 Å². The first-order chi connectivity index (χ1) is 17.5. The summed E-state index contributed by atoms with van der Waals surface area (Å²) in [5.74, 6) is 1.83. The molecule has 36 heavy (non-hydrogen) atoms. The first kappa shape index (κ1) is 23.4. The number of nitrogens with zero attached hydrogens (tertiary/aromatic N) is 4. The summed E-state index contributed by atoms with van der Waals surface area (Å²) in [6.07, 6.45) is 6.76. The Morgan fingerprint density at radius 3 is 3.06 bits per heavy atom. The highest BCUT2D eigenvalue weighted by Gasteiger charge is 2.45. The average Bonchev–Trinajstić information content (AvgIpc) is 3.51. The van der Waals surface area contributed by atoms with Crippen LogP contribution in [-0.4, -0.2) is 59.9 Å². The molecule has 2 aliphatic heterocycles. The standard InChI is InChI=1S/C27H31N5O3S/c1-4-27(26(33)32-7-8-35-14-16(32)2)6-5-19-22(11-27)36-25-23(19)24(29-15-30-25)31-20-9-17-12-28-13-18(17)10-21(20)34-3/h9-10,12,15-16H,4-8,11,13-14H2,1-3H3,(H,29,30,31)/t16-,27-/m1/s1. The summed E-state index contributed by atoms with van der Waals surface area (Å²) < 4.78 is 11.3. The lowest BCUT2D eigenvalue weighted by atomic mass is 9.71. The van der Waals surface area contributed by atoms with Gasteiger partial charge < -0.3 is 19.7 Å². The molecular formula is C27H31N5O3S. The molecule has 0 unspecified atom stereocenters. The Balaban J connectivity index is 1.35. The van der Waals surface area contributed by atoms with E-state index in [0.29, 0.717) is 26.3 Å². The van der Waals surface area contributed by atoms with E-state index >= 15 is 0 Å². The molecule has 2 atom stereocenters. The SMILES string of the molecule is CC[C@@]1(C(=O)N2CCOC[C@H]2C)CCc2c(sc3ncnc(Nc4cc5c(cc4OC)CN=C5)c23)C1. The van der Waals surface area contributed by atoms with Crippen molar-refractivity contribution in [3.63, 3.8) is 0 Å². The van der Waals surface area contributed by atoms with Gasteiger partial charge in [0.2, 0.25) is 5.91 Å². The van der Waals surface area contributed by atoms with Gasteiger partial charge in [0, 0.05) is 17.6 Å². The van der Waals surface area contributed by atoms with Gasteiger partial charge in [-0.15, -0.1) is 11.3 Å². The number of aryl methyl sites for hydroxylation is 1. The number of hydrogen-bond donors (Lipinski definition) is 1.